The predicted octanol–water partition coefficient (Wildman–Crippen LogP) is 1.01. The molecule has 0 aromatic heterocycles. The van der Waals surface area contributed by atoms with Crippen LogP contribution in [0.5, 0.6) is 0 Å². The zero-order chi connectivity index (χ0) is 11.8. The highest BCUT2D eigenvalue weighted by Gasteiger charge is 2.21. The second-order valence-electron chi connectivity index (χ2n) is 3.32. The highest BCUT2D eigenvalue weighted by Crippen LogP contribution is 2.09. The average molecular weight is 248 g/mol. The number of amides is 1. The van der Waals surface area contributed by atoms with Crippen LogP contribution in [0.1, 0.15) is 6.42 Å². The van der Waals surface area contributed by atoms with Crippen molar-refractivity contribution in [2.45, 2.75) is 18.5 Å². The third-order valence-electron chi connectivity index (χ3n) is 2.25. The van der Waals surface area contributed by atoms with Crippen molar-refractivity contribution >= 4 is 30.3 Å². The fraction of sp³-hybridized carbons (Fsp3) is 0.700. The predicted molar refractivity (Wildman–Crippen MR) is 71.6 cm³/mol. The number of carbonyl (C=O) groups is 1. The molecule has 0 bridgehead atoms. The highest BCUT2D eigenvalue weighted by molar-refractivity contribution is 7.98. The van der Waals surface area contributed by atoms with Gasteiger partial charge in [0.25, 0.3) is 0 Å². The van der Waals surface area contributed by atoms with Gasteiger partial charge in [0.2, 0.25) is 5.91 Å². The van der Waals surface area contributed by atoms with E-state index in [9.17, 15) is 4.79 Å². The summed E-state index contributed by atoms with van der Waals surface area (Å²) < 4.78 is 0. The van der Waals surface area contributed by atoms with Crippen molar-refractivity contribution in [3.8, 4) is 0 Å². The van der Waals surface area contributed by atoms with Crippen LogP contribution in [0.15, 0.2) is 12.7 Å². The summed E-state index contributed by atoms with van der Waals surface area (Å²) in [6.07, 6.45) is 4.74. The summed E-state index contributed by atoms with van der Waals surface area (Å²) in [6.45, 7) is 3.74. The molecule has 2 atom stereocenters. The summed E-state index contributed by atoms with van der Waals surface area (Å²) in [4.78, 5) is 13.4. The van der Waals surface area contributed by atoms with E-state index in [1.807, 2.05) is 6.26 Å². The lowest BCUT2D eigenvalue weighted by Crippen LogP contribution is -2.47. The van der Waals surface area contributed by atoms with E-state index in [4.69, 9.17) is 5.73 Å². The van der Waals surface area contributed by atoms with Crippen molar-refractivity contribution in [2.24, 2.45) is 5.73 Å². The molecule has 0 fully saturated rings. The molecule has 0 heterocycles. The van der Waals surface area contributed by atoms with Crippen molar-refractivity contribution in [1.29, 1.82) is 0 Å². The molecule has 0 saturated carbocycles. The average Bonchev–Trinajstić information content (AvgIpc) is 2.27. The molecule has 0 saturated heterocycles. The third-order valence-corrected chi connectivity index (χ3v) is 3.29. The van der Waals surface area contributed by atoms with Gasteiger partial charge in [0.15, 0.2) is 0 Å². The Kier molecular flexibility index (Phi) is 8.00. The van der Waals surface area contributed by atoms with E-state index < -0.39 is 6.04 Å². The minimum atomic E-state index is -0.518. The van der Waals surface area contributed by atoms with Gasteiger partial charge in [0.1, 0.15) is 0 Å². The zero-order valence-electron chi connectivity index (χ0n) is 9.35. The maximum atomic E-state index is 11.7. The molecule has 0 aromatic rings. The molecule has 0 radical (unpaired) electrons. The number of nitrogens with two attached hydrogens (primary N) is 1. The van der Waals surface area contributed by atoms with Crippen LogP contribution in [0.25, 0.3) is 0 Å². The highest BCUT2D eigenvalue weighted by atomic mass is 32.2. The van der Waals surface area contributed by atoms with Crippen LogP contribution in [0, 0.1) is 0 Å². The van der Waals surface area contributed by atoms with Crippen molar-refractivity contribution in [3.63, 3.8) is 0 Å². The van der Waals surface area contributed by atoms with Gasteiger partial charge in [-0.3, -0.25) is 4.79 Å². The van der Waals surface area contributed by atoms with Crippen LogP contribution in [0.4, 0.5) is 0 Å². The number of likely N-dealkylation sites (N-methyl/N-ethyl adjacent to an activating group) is 1. The Balaban J connectivity index is 4.30. The van der Waals surface area contributed by atoms with E-state index >= 15 is 0 Å². The largest absolute Gasteiger partial charge is 0.338 e. The van der Waals surface area contributed by atoms with Crippen LogP contribution in [0.3, 0.4) is 0 Å². The summed E-state index contributed by atoms with van der Waals surface area (Å²) in [5.74, 6) is 1.30. The summed E-state index contributed by atoms with van der Waals surface area (Å²) in [5, 5.41) is 0. The van der Waals surface area contributed by atoms with Gasteiger partial charge in [-0.15, -0.1) is 6.58 Å². The summed E-state index contributed by atoms with van der Waals surface area (Å²) >= 11 is 5.77. The van der Waals surface area contributed by atoms with E-state index in [1.165, 1.54) is 0 Å². The van der Waals surface area contributed by atoms with Crippen molar-refractivity contribution in [1.82, 2.24) is 4.90 Å². The van der Waals surface area contributed by atoms with E-state index in [0.29, 0.717) is 5.75 Å². The zero-order valence-corrected chi connectivity index (χ0v) is 11.1. The summed E-state index contributed by atoms with van der Waals surface area (Å²) in [6, 6.07) is -0.453. The first-order valence-electron chi connectivity index (χ1n) is 4.83. The van der Waals surface area contributed by atoms with E-state index in [2.05, 4.69) is 19.2 Å². The summed E-state index contributed by atoms with van der Waals surface area (Å²) in [5.41, 5.74) is 5.63. The van der Waals surface area contributed by atoms with Gasteiger partial charge >= 0.3 is 0 Å². The van der Waals surface area contributed by atoms with Crippen molar-refractivity contribution in [2.75, 3.05) is 24.8 Å². The standard InChI is InChI=1S/C10H20N2OS2/c1-4-8(5-6-15-3)12(2)10(13)9(11)7-14/h4,8-9,14H,1,5-7,11H2,2-3H3/t8?,9-/m0/s1. The first-order chi connectivity index (χ1) is 7.08. The fourth-order valence-corrected chi connectivity index (χ4v) is 1.84. The Bertz CT molecular complexity index is 212. The molecule has 1 unspecified atom stereocenters. The topological polar surface area (TPSA) is 46.3 Å². The minimum absolute atomic E-state index is 0.0656. The lowest BCUT2D eigenvalue weighted by atomic mass is 10.1. The molecule has 0 aromatic carbocycles. The van der Waals surface area contributed by atoms with Crippen LogP contribution in [-0.4, -0.2) is 47.7 Å². The lowest BCUT2D eigenvalue weighted by molar-refractivity contribution is -0.132. The van der Waals surface area contributed by atoms with Crippen molar-refractivity contribution in [3.05, 3.63) is 12.7 Å². The Morgan fingerprint density at radius 2 is 2.33 bits per heavy atom. The summed E-state index contributed by atoms with van der Waals surface area (Å²) in [7, 11) is 1.76. The van der Waals surface area contributed by atoms with Crippen molar-refractivity contribution < 1.29 is 4.79 Å². The molecule has 88 valence electrons. The monoisotopic (exact) mass is 248 g/mol. The quantitative estimate of drug-likeness (QED) is 0.522. The Morgan fingerprint density at radius 1 is 1.73 bits per heavy atom. The molecular weight excluding hydrogens is 228 g/mol. The maximum Gasteiger partial charge on any atom is 0.240 e. The Labute approximate surface area is 102 Å². The van der Waals surface area contributed by atoms with Gasteiger partial charge in [0, 0.05) is 12.8 Å². The number of hydrogen-bond donors (Lipinski definition) is 2. The number of thioether (sulfide) groups is 1. The molecule has 0 rings (SSSR count). The van der Waals surface area contributed by atoms with Gasteiger partial charge in [0.05, 0.1) is 12.1 Å². The number of hydrogen-bond acceptors (Lipinski definition) is 4. The number of nitrogens with zero attached hydrogens (tertiary/aromatic N) is 1. The molecule has 15 heavy (non-hydrogen) atoms. The van der Waals surface area contributed by atoms with Gasteiger partial charge in [-0.05, 0) is 18.4 Å². The van der Waals surface area contributed by atoms with E-state index in [-0.39, 0.29) is 11.9 Å². The SMILES string of the molecule is C=CC(CCSC)N(C)C(=O)[C@@H](N)CS. The van der Waals surface area contributed by atoms with Gasteiger partial charge in [-0.2, -0.15) is 24.4 Å². The molecule has 5 heteroatoms. The third kappa shape index (κ3) is 4.95. The molecule has 0 spiro atoms. The normalized spacial score (nSPS) is 14.4. The molecule has 1 amide bonds. The molecule has 0 aliphatic heterocycles. The maximum absolute atomic E-state index is 11.7. The lowest BCUT2D eigenvalue weighted by Gasteiger charge is -2.27. The first-order valence-corrected chi connectivity index (χ1v) is 6.85. The van der Waals surface area contributed by atoms with Crippen LogP contribution < -0.4 is 5.73 Å². The number of carbonyl (C=O) groups excluding carboxylic acids is 1. The van der Waals surface area contributed by atoms with Gasteiger partial charge < -0.3 is 10.6 Å². The smallest absolute Gasteiger partial charge is 0.240 e. The van der Waals surface area contributed by atoms with E-state index in [0.717, 1.165) is 12.2 Å². The van der Waals surface area contributed by atoms with E-state index in [1.54, 1.807) is 29.8 Å². The molecule has 2 N–H and O–H groups in total. The van der Waals surface area contributed by atoms with Gasteiger partial charge in [-0.25, -0.2) is 0 Å². The minimum Gasteiger partial charge on any atom is -0.338 e. The Morgan fingerprint density at radius 3 is 2.73 bits per heavy atom. The molecule has 0 aliphatic carbocycles. The van der Waals surface area contributed by atoms with Crippen LogP contribution in [-0.2, 0) is 4.79 Å². The van der Waals surface area contributed by atoms with Gasteiger partial charge in [-0.1, -0.05) is 6.08 Å². The number of thiol groups is 1. The fourth-order valence-electron chi connectivity index (χ4n) is 1.21. The number of rotatable bonds is 7. The van der Waals surface area contributed by atoms with Crippen LogP contribution >= 0.6 is 24.4 Å². The molecule has 3 nitrogen and oxygen atoms in total. The van der Waals surface area contributed by atoms with Crippen LogP contribution in [0.2, 0.25) is 0 Å². The molecule has 0 aliphatic rings. The molecular formula is C10H20N2OS2. The second kappa shape index (κ2) is 8.07. The second-order valence-corrected chi connectivity index (χ2v) is 4.67. The first kappa shape index (κ1) is 14.9. The Hall–Kier alpha value is -0.130.